The molecule has 0 radical (unpaired) electrons. The van der Waals surface area contributed by atoms with Crippen LogP contribution in [0.25, 0.3) is 0 Å². The summed E-state index contributed by atoms with van der Waals surface area (Å²) in [6, 6.07) is 9.87. The number of carbonyl (C=O) groups is 3. The second-order valence-electron chi connectivity index (χ2n) is 8.35. The van der Waals surface area contributed by atoms with Crippen molar-refractivity contribution in [2.24, 2.45) is 17.8 Å². The number of benzene rings is 1. The summed E-state index contributed by atoms with van der Waals surface area (Å²) in [6.07, 6.45) is 8.30. The zero-order chi connectivity index (χ0) is 19.7. The predicted octanol–water partition coefficient (Wildman–Crippen LogP) is 3.37. The molecule has 0 unspecified atom stereocenters. The van der Waals surface area contributed by atoms with Crippen molar-refractivity contribution < 1.29 is 14.4 Å². The van der Waals surface area contributed by atoms with E-state index in [-0.39, 0.29) is 47.6 Å². The first kappa shape index (κ1) is 18.9. The Hall–Kier alpha value is -2.43. The minimum absolute atomic E-state index is 0.00458. The Balaban J connectivity index is 1.33. The van der Waals surface area contributed by atoms with Crippen molar-refractivity contribution in [3.63, 3.8) is 0 Å². The van der Waals surface area contributed by atoms with E-state index in [0.29, 0.717) is 12.8 Å². The van der Waals surface area contributed by atoms with Gasteiger partial charge in [-0.2, -0.15) is 0 Å². The highest BCUT2D eigenvalue weighted by Crippen LogP contribution is 2.39. The molecule has 1 aliphatic heterocycles. The summed E-state index contributed by atoms with van der Waals surface area (Å²) in [5, 5.41) is 3.11. The fraction of sp³-hybridized carbons (Fsp3) is 0.522. The van der Waals surface area contributed by atoms with Gasteiger partial charge in [0.15, 0.2) is 0 Å². The van der Waals surface area contributed by atoms with Gasteiger partial charge < -0.3 is 5.32 Å². The van der Waals surface area contributed by atoms with Crippen LogP contribution >= 0.6 is 0 Å². The van der Waals surface area contributed by atoms with Gasteiger partial charge in [0.25, 0.3) is 0 Å². The van der Waals surface area contributed by atoms with E-state index in [9.17, 15) is 14.4 Å². The second-order valence-corrected chi connectivity index (χ2v) is 8.35. The third-order valence-corrected chi connectivity index (χ3v) is 6.63. The topological polar surface area (TPSA) is 66.5 Å². The van der Waals surface area contributed by atoms with Crippen LogP contribution in [0.4, 0.5) is 0 Å². The Kier molecular flexibility index (Phi) is 5.33. The summed E-state index contributed by atoms with van der Waals surface area (Å²) in [4.78, 5) is 39.7. The molecule has 1 N–H and O–H groups in total. The molecule has 5 heteroatoms. The maximum atomic E-state index is 12.8. The van der Waals surface area contributed by atoms with Crippen molar-refractivity contribution in [1.82, 2.24) is 10.2 Å². The van der Waals surface area contributed by atoms with Crippen molar-refractivity contribution in [3.05, 3.63) is 48.0 Å². The molecule has 1 saturated carbocycles. The van der Waals surface area contributed by atoms with Gasteiger partial charge in [0.2, 0.25) is 17.7 Å². The van der Waals surface area contributed by atoms with E-state index in [1.165, 1.54) is 0 Å². The van der Waals surface area contributed by atoms with Crippen LogP contribution in [0.2, 0.25) is 0 Å². The van der Waals surface area contributed by atoms with E-state index in [0.717, 1.165) is 31.2 Å². The molecule has 3 aliphatic rings. The maximum Gasteiger partial charge on any atom is 0.233 e. The average Bonchev–Trinajstić information content (AvgIpc) is 2.99. The number of fused-ring (bicyclic) bond motifs is 1. The normalized spacial score (nSPS) is 30.8. The number of imide groups is 1. The maximum absolute atomic E-state index is 12.8. The van der Waals surface area contributed by atoms with Gasteiger partial charge in [-0.15, -0.1) is 0 Å². The number of hydrogen-bond acceptors (Lipinski definition) is 3. The number of allylic oxidation sites excluding steroid dienone is 2. The highest BCUT2D eigenvalue weighted by atomic mass is 16.2. The fourth-order valence-corrected chi connectivity index (χ4v) is 4.94. The Morgan fingerprint density at radius 1 is 0.964 bits per heavy atom. The number of nitrogens with zero attached hydrogens (tertiary/aromatic N) is 1. The standard InChI is InChI=1S/C23H28N2O3/c1-15(16-7-3-2-4-8-16)24-21(26)17-11-13-18(14-12-17)25-22(27)19-9-5-6-10-20(19)23(25)28/h2-8,15,17-20H,9-14H2,1H3,(H,24,26)/t15-,17?,18?,19-,20+/m1/s1. The molecule has 0 aromatic heterocycles. The first-order valence-electron chi connectivity index (χ1n) is 10.4. The lowest BCUT2D eigenvalue weighted by molar-refractivity contribution is -0.143. The lowest BCUT2D eigenvalue weighted by atomic mass is 9.84. The monoisotopic (exact) mass is 380 g/mol. The van der Waals surface area contributed by atoms with Crippen molar-refractivity contribution in [2.75, 3.05) is 0 Å². The summed E-state index contributed by atoms with van der Waals surface area (Å²) in [6.45, 7) is 2.00. The van der Waals surface area contributed by atoms with Gasteiger partial charge >= 0.3 is 0 Å². The van der Waals surface area contributed by atoms with E-state index in [1.807, 2.05) is 49.4 Å². The van der Waals surface area contributed by atoms with Gasteiger partial charge in [0.1, 0.15) is 0 Å². The SMILES string of the molecule is C[C@@H](NC(=O)C1CCC(N2C(=O)[C@H]3CC=CC[C@H]3C2=O)CC1)c1ccccc1. The molecule has 1 heterocycles. The van der Waals surface area contributed by atoms with Crippen LogP contribution in [-0.2, 0) is 14.4 Å². The smallest absolute Gasteiger partial charge is 0.233 e. The number of hydrogen-bond donors (Lipinski definition) is 1. The van der Waals surface area contributed by atoms with E-state index >= 15 is 0 Å². The molecule has 3 amide bonds. The number of carbonyl (C=O) groups excluding carboxylic acids is 3. The first-order chi connectivity index (χ1) is 13.6. The molecular formula is C23H28N2O3. The largest absolute Gasteiger partial charge is 0.349 e. The van der Waals surface area contributed by atoms with Crippen molar-refractivity contribution in [1.29, 1.82) is 0 Å². The van der Waals surface area contributed by atoms with Crippen LogP contribution < -0.4 is 5.32 Å². The highest BCUT2D eigenvalue weighted by molar-refractivity contribution is 6.05. The van der Waals surface area contributed by atoms with E-state index in [4.69, 9.17) is 0 Å². The summed E-state index contributed by atoms with van der Waals surface area (Å²) >= 11 is 0. The average molecular weight is 380 g/mol. The Bertz CT molecular complexity index is 754. The van der Waals surface area contributed by atoms with Gasteiger partial charge in [0.05, 0.1) is 17.9 Å². The lowest BCUT2D eigenvalue weighted by Gasteiger charge is -2.33. The van der Waals surface area contributed by atoms with Crippen molar-refractivity contribution in [3.8, 4) is 0 Å². The molecule has 1 aromatic rings. The Morgan fingerprint density at radius 2 is 1.54 bits per heavy atom. The van der Waals surface area contributed by atoms with Crippen molar-refractivity contribution in [2.45, 2.75) is 57.5 Å². The van der Waals surface area contributed by atoms with Gasteiger partial charge in [0, 0.05) is 12.0 Å². The van der Waals surface area contributed by atoms with E-state index in [2.05, 4.69) is 5.32 Å². The number of amides is 3. The van der Waals surface area contributed by atoms with Crippen LogP contribution in [0.1, 0.15) is 57.1 Å². The van der Waals surface area contributed by atoms with Crippen LogP contribution in [-0.4, -0.2) is 28.7 Å². The van der Waals surface area contributed by atoms with Crippen LogP contribution in [0.5, 0.6) is 0 Å². The first-order valence-corrected chi connectivity index (χ1v) is 10.4. The molecular weight excluding hydrogens is 352 g/mol. The molecule has 2 fully saturated rings. The lowest BCUT2D eigenvalue weighted by Crippen LogP contribution is -2.44. The van der Waals surface area contributed by atoms with E-state index in [1.54, 1.807) is 4.90 Å². The minimum Gasteiger partial charge on any atom is -0.349 e. The van der Waals surface area contributed by atoms with Gasteiger partial charge in [-0.05, 0) is 51.0 Å². The molecule has 3 atom stereocenters. The summed E-state index contributed by atoms with van der Waals surface area (Å²) < 4.78 is 0. The molecule has 5 nitrogen and oxygen atoms in total. The van der Waals surface area contributed by atoms with E-state index < -0.39 is 0 Å². The van der Waals surface area contributed by atoms with Gasteiger partial charge in [-0.25, -0.2) is 0 Å². The molecule has 1 saturated heterocycles. The molecule has 28 heavy (non-hydrogen) atoms. The third-order valence-electron chi connectivity index (χ3n) is 6.63. The van der Waals surface area contributed by atoms with Crippen LogP contribution in [0.15, 0.2) is 42.5 Å². The predicted molar refractivity (Wildman–Crippen MR) is 106 cm³/mol. The molecule has 4 rings (SSSR count). The number of nitrogens with one attached hydrogen (secondary N) is 1. The summed E-state index contributed by atoms with van der Waals surface area (Å²) in [5.41, 5.74) is 1.09. The summed E-state index contributed by atoms with van der Waals surface area (Å²) in [5.74, 6) is -0.281. The second kappa shape index (κ2) is 7.90. The highest BCUT2D eigenvalue weighted by Gasteiger charge is 2.50. The quantitative estimate of drug-likeness (QED) is 0.643. The number of rotatable bonds is 4. The Labute approximate surface area is 166 Å². The number of likely N-dealkylation sites (tertiary alicyclic amines) is 1. The molecule has 2 aliphatic carbocycles. The van der Waals surface area contributed by atoms with Crippen LogP contribution in [0, 0.1) is 17.8 Å². The molecule has 148 valence electrons. The third kappa shape index (κ3) is 3.50. The van der Waals surface area contributed by atoms with Gasteiger partial charge in [-0.3, -0.25) is 19.3 Å². The molecule has 1 aromatic carbocycles. The summed E-state index contributed by atoms with van der Waals surface area (Å²) in [7, 11) is 0. The Morgan fingerprint density at radius 3 is 2.11 bits per heavy atom. The zero-order valence-corrected chi connectivity index (χ0v) is 16.3. The minimum atomic E-state index is -0.162. The molecule has 0 bridgehead atoms. The van der Waals surface area contributed by atoms with Crippen molar-refractivity contribution >= 4 is 17.7 Å². The fourth-order valence-electron chi connectivity index (χ4n) is 4.94. The molecule has 0 spiro atoms. The van der Waals surface area contributed by atoms with Crippen LogP contribution in [0.3, 0.4) is 0 Å². The zero-order valence-electron chi connectivity index (χ0n) is 16.3. The van der Waals surface area contributed by atoms with Gasteiger partial charge in [-0.1, -0.05) is 42.5 Å².